The zero-order chi connectivity index (χ0) is 23.4. The third-order valence-electron chi connectivity index (χ3n) is 6.16. The highest BCUT2D eigenvalue weighted by atomic mass is 16.5. The number of nitrogens with one attached hydrogen (secondary N) is 1. The van der Waals surface area contributed by atoms with Gasteiger partial charge < -0.3 is 19.7 Å². The lowest BCUT2D eigenvalue weighted by atomic mass is 10.0. The van der Waals surface area contributed by atoms with Crippen LogP contribution in [0.4, 0.5) is 0 Å². The van der Waals surface area contributed by atoms with Gasteiger partial charge in [-0.15, -0.1) is 0 Å². The second-order valence-corrected chi connectivity index (χ2v) is 8.53. The Kier molecular flexibility index (Phi) is 6.80. The Balaban J connectivity index is 1.69. The number of carboxylic acid groups (broad SMARTS) is 1. The average Bonchev–Trinajstić information content (AvgIpc) is 3.13. The lowest BCUT2D eigenvalue weighted by Crippen LogP contribution is -2.21. The van der Waals surface area contributed by atoms with E-state index in [0.717, 1.165) is 28.6 Å². The molecule has 0 fully saturated rings. The predicted octanol–water partition coefficient (Wildman–Crippen LogP) is 5.60. The monoisotopic (exact) mass is 442 g/mol. The highest BCUT2D eigenvalue weighted by Crippen LogP contribution is 2.31. The first-order valence-corrected chi connectivity index (χ1v) is 11.2. The zero-order valence-corrected chi connectivity index (χ0v) is 19.3. The van der Waals surface area contributed by atoms with Crippen LogP contribution in [0, 0.1) is 6.92 Å². The van der Waals surface area contributed by atoms with E-state index < -0.39 is 5.97 Å². The van der Waals surface area contributed by atoms with Crippen molar-refractivity contribution >= 4 is 16.9 Å². The normalized spacial score (nSPS) is 12.1. The van der Waals surface area contributed by atoms with Crippen LogP contribution in [-0.2, 0) is 13.1 Å². The van der Waals surface area contributed by atoms with Gasteiger partial charge in [0, 0.05) is 36.7 Å². The molecule has 170 valence electrons. The van der Waals surface area contributed by atoms with Crippen molar-refractivity contribution in [3.05, 3.63) is 101 Å². The summed E-state index contributed by atoms with van der Waals surface area (Å²) in [4.78, 5) is 12.4. The number of rotatable bonds is 9. The molecule has 0 saturated heterocycles. The third kappa shape index (κ3) is 4.94. The number of nitrogens with zero attached hydrogens (tertiary/aromatic N) is 1. The van der Waals surface area contributed by atoms with Crippen LogP contribution in [0.15, 0.2) is 72.8 Å². The number of methoxy groups -OCH3 is 1. The molecule has 0 spiro atoms. The van der Waals surface area contributed by atoms with Crippen molar-refractivity contribution in [2.24, 2.45) is 0 Å². The Morgan fingerprint density at radius 1 is 1.06 bits per heavy atom. The zero-order valence-electron chi connectivity index (χ0n) is 19.3. The minimum atomic E-state index is -0.926. The van der Waals surface area contributed by atoms with Gasteiger partial charge in [0.25, 0.3) is 0 Å². The molecular weight excluding hydrogens is 412 g/mol. The van der Waals surface area contributed by atoms with Crippen LogP contribution in [0.1, 0.15) is 45.6 Å². The minimum Gasteiger partial charge on any atom is -0.497 e. The number of aryl methyl sites for hydroxylation is 1. The number of carboxylic acids is 1. The third-order valence-corrected chi connectivity index (χ3v) is 6.16. The van der Waals surface area contributed by atoms with Crippen LogP contribution < -0.4 is 10.1 Å². The van der Waals surface area contributed by atoms with E-state index in [1.54, 1.807) is 7.11 Å². The summed E-state index contributed by atoms with van der Waals surface area (Å²) in [5.41, 5.74) is 5.47. The van der Waals surface area contributed by atoms with Crippen molar-refractivity contribution in [1.29, 1.82) is 0 Å². The molecule has 0 aliphatic heterocycles. The fourth-order valence-corrected chi connectivity index (χ4v) is 4.30. The molecule has 0 saturated carbocycles. The van der Waals surface area contributed by atoms with Crippen LogP contribution in [0.25, 0.3) is 10.9 Å². The Hall–Kier alpha value is -3.57. The van der Waals surface area contributed by atoms with Crippen LogP contribution in [0.3, 0.4) is 0 Å². The highest BCUT2D eigenvalue weighted by Gasteiger charge is 2.23. The molecule has 0 bridgehead atoms. The Labute approximate surface area is 194 Å². The van der Waals surface area contributed by atoms with Gasteiger partial charge in [-0.25, -0.2) is 4.79 Å². The second-order valence-electron chi connectivity index (χ2n) is 8.53. The molecule has 0 aliphatic rings. The topological polar surface area (TPSA) is 63.5 Å². The molecule has 5 heteroatoms. The highest BCUT2D eigenvalue weighted by molar-refractivity contribution is 5.98. The van der Waals surface area contributed by atoms with Crippen molar-refractivity contribution in [3.63, 3.8) is 0 Å². The van der Waals surface area contributed by atoms with Gasteiger partial charge in [0.1, 0.15) is 11.4 Å². The molecule has 1 atom stereocenters. The molecule has 0 aliphatic carbocycles. The van der Waals surface area contributed by atoms with Crippen molar-refractivity contribution in [1.82, 2.24) is 9.88 Å². The van der Waals surface area contributed by atoms with Gasteiger partial charge in [0.2, 0.25) is 0 Å². The first-order valence-electron chi connectivity index (χ1n) is 11.2. The van der Waals surface area contributed by atoms with Crippen LogP contribution in [0.2, 0.25) is 0 Å². The van der Waals surface area contributed by atoms with Gasteiger partial charge in [0.15, 0.2) is 0 Å². The van der Waals surface area contributed by atoms with Gasteiger partial charge in [-0.05, 0) is 36.1 Å². The first kappa shape index (κ1) is 22.6. The number of hydrogen-bond donors (Lipinski definition) is 2. The second kappa shape index (κ2) is 9.92. The van der Waals surface area contributed by atoms with Gasteiger partial charge in [-0.2, -0.15) is 0 Å². The van der Waals surface area contributed by atoms with Gasteiger partial charge in [-0.3, -0.25) is 0 Å². The molecule has 5 nitrogen and oxygen atoms in total. The van der Waals surface area contributed by atoms with Crippen molar-refractivity contribution in [2.75, 3.05) is 13.7 Å². The number of aromatic carboxylic acids is 1. The van der Waals surface area contributed by atoms with Crippen LogP contribution in [0.5, 0.6) is 5.75 Å². The summed E-state index contributed by atoms with van der Waals surface area (Å²) in [5.74, 6) is 0.102. The fourth-order valence-electron chi connectivity index (χ4n) is 4.30. The summed E-state index contributed by atoms with van der Waals surface area (Å²) in [6.07, 6.45) is 0. The smallest absolute Gasteiger partial charge is 0.352 e. The first-order chi connectivity index (χ1) is 16.0. The predicted molar refractivity (Wildman–Crippen MR) is 132 cm³/mol. The molecule has 0 amide bonds. The lowest BCUT2D eigenvalue weighted by Gasteiger charge is -2.14. The summed E-state index contributed by atoms with van der Waals surface area (Å²) in [6.45, 7) is 5.92. The lowest BCUT2D eigenvalue weighted by molar-refractivity contribution is 0.0684. The molecule has 33 heavy (non-hydrogen) atoms. The number of fused-ring (bicyclic) bond motifs is 1. The van der Waals surface area contributed by atoms with Gasteiger partial charge in [-0.1, -0.05) is 67.1 Å². The molecule has 3 aromatic carbocycles. The van der Waals surface area contributed by atoms with Gasteiger partial charge >= 0.3 is 5.97 Å². The molecule has 1 aromatic heterocycles. The Morgan fingerprint density at radius 2 is 1.79 bits per heavy atom. The molecule has 0 radical (unpaired) electrons. The van der Waals surface area contributed by atoms with E-state index in [1.165, 1.54) is 11.1 Å². The molecule has 4 aromatic rings. The molecule has 2 N–H and O–H groups in total. The maximum absolute atomic E-state index is 12.4. The number of aromatic nitrogens is 1. The number of benzene rings is 3. The summed E-state index contributed by atoms with van der Waals surface area (Å²) >= 11 is 0. The summed E-state index contributed by atoms with van der Waals surface area (Å²) < 4.78 is 7.33. The average molecular weight is 443 g/mol. The maximum atomic E-state index is 12.4. The fraction of sp³-hybridized carbons (Fsp3) is 0.250. The van der Waals surface area contributed by atoms with Crippen molar-refractivity contribution in [3.8, 4) is 5.75 Å². The standard InChI is InChI=1S/C28H30N2O3/c1-19-9-11-21(12-10-19)18-30-26-15-23(33-3)13-14-24(26)25(27(30)28(31)32)17-29-16-20(2)22-7-5-4-6-8-22/h4-15,20,29H,16-18H2,1-3H3,(H,31,32). The van der Waals surface area contributed by atoms with Crippen molar-refractivity contribution in [2.45, 2.75) is 32.9 Å². The van der Waals surface area contributed by atoms with E-state index in [2.05, 4.69) is 36.5 Å². The minimum absolute atomic E-state index is 0.318. The summed E-state index contributed by atoms with van der Waals surface area (Å²) in [6, 6.07) is 24.3. The van der Waals surface area contributed by atoms with Crippen LogP contribution >= 0.6 is 0 Å². The van der Waals surface area contributed by atoms with E-state index >= 15 is 0 Å². The van der Waals surface area contributed by atoms with Gasteiger partial charge in [0.05, 0.1) is 12.6 Å². The van der Waals surface area contributed by atoms with Crippen LogP contribution in [-0.4, -0.2) is 29.3 Å². The molecule has 4 rings (SSSR count). The number of hydrogen-bond acceptors (Lipinski definition) is 3. The van der Waals surface area contributed by atoms with E-state index in [1.807, 2.05) is 60.0 Å². The number of carbonyl (C=O) groups is 1. The van der Waals surface area contributed by atoms with E-state index in [0.29, 0.717) is 30.5 Å². The van der Waals surface area contributed by atoms with E-state index in [9.17, 15) is 9.90 Å². The number of ether oxygens (including phenoxy) is 1. The molecule has 1 unspecified atom stereocenters. The largest absolute Gasteiger partial charge is 0.497 e. The Bertz CT molecular complexity index is 1240. The Morgan fingerprint density at radius 3 is 2.45 bits per heavy atom. The molecule has 1 heterocycles. The van der Waals surface area contributed by atoms with E-state index in [4.69, 9.17) is 4.74 Å². The summed E-state index contributed by atoms with van der Waals surface area (Å²) in [5, 5.41) is 14.6. The summed E-state index contributed by atoms with van der Waals surface area (Å²) in [7, 11) is 1.62. The SMILES string of the molecule is COc1ccc2c(CNCC(C)c3ccccc3)c(C(=O)O)n(Cc3ccc(C)cc3)c2c1. The maximum Gasteiger partial charge on any atom is 0.352 e. The quantitative estimate of drug-likeness (QED) is 0.354. The van der Waals surface area contributed by atoms with Crippen molar-refractivity contribution < 1.29 is 14.6 Å². The van der Waals surface area contributed by atoms with E-state index in [-0.39, 0.29) is 0 Å². The molecular formula is C28H30N2O3.